The molecule has 0 fully saturated rings. The average Bonchev–Trinajstić information content (AvgIpc) is 2.72. The van der Waals surface area contributed by atoms with Crippen LogP contribution in [0.1, 0.15) is 28.4 Å². The van der Waals surface area contributed by atoms with E-state index in [4.69, 9.17) is 0 Å². The van der Waals surface area contributed by atoms with E-state index in [1.165, 1.54) is 11.8 Å². The van der Waals surface area contributed by atoms with Crippen LogP contribution in [0.3, 0.4) is 0 Å². The van der Waals surface area contributed by atoms with E-state index in [2.05, 4.69) is 15.0 Å². The molecular weight excluding hydrogens is 418 g/mol. The summed E-state index contributed by atoms with van der Waals surface area (Å²) < 4.78 is 27.8. The number of aryl methyl sites for hydroxylation is 2. The molecular formula is C22H23N3O3S2. The number of rotatable bonds is 7. The van der Waals surface area contributed by atoms with Gasteiger partial charge in [0, 0.05) is 23.3 Å². The van der Waals surface area contributed by atoms with Gasteiger partial charge in [0.25, 0.3) is 15.9 Å². The SMILES string of the molecule is CCNC(=O)c1ccc(Sc2ccc(NS(=O)(=O)c3ccc(C)c(C)c3)cc2)nc1. The number of hydrogen-bond acceptors (Lipinski definition) is 5. The Kier molecular flexibility index (Phi) is 6.79. The molecule has 0 radical (unpaired) electrons. The zero-order valence-electron chi connectivity index (χ0n) is 17.0. The number of sulfonamides is 1. The van der Waals surface area contributed by atoms with Gasteiger partial charge in [-0.3, -0.25) is 9.52 Å². The lowest BCUT2D eigenvalue weighted by Gasteiger charge is -2.10. The first kappa shape index (κ1) is 21.9. The minimum atomic E-state index is -3.65. The fourth-order valence-electron chi connectivity index (χ4n) is 2.64. The lowest BCUT2D eigenvalue weighted by atomic mass is 10.1. The predicted molar refractivity (Wildman–Crippen MR) is 120 cm³/mol. The Morgan fingerprint density at radius 3 is 2.33 bits per heavy atom. The van der Waals surface area contributed by atoms with Crippen molar-refractivity contribution in [2.45, 2.75) is 35.6 Å². The van der Waals surface area contributed by atoms with E-state index in [1.54, 1.807) is 48.7 Å². The summed E-state index contributed by atoms with van der Waals surface area (Å²) >= 11 is 1.43. The molecule has 0 atom stereocenters. The zero-order valence-corrected chi connectivity index (χ0v) is 18.6. The summed E-state index contributed by atoms with van der Waals surface area (Å²) in [6.07, 6.45) is 1.54. The molecule has 1 amide bonds. The van der Waals surface area contributed by atoms with Crippen molar-refractivity contribution in [1.29, 1.82) is 0 Å². The second-order valence-corrected chi connectivity index (χ2v) is 9.50. The number of carbonyl (C=O) groups is 1. The van der Waals surface area contributed by atoms with Crippen LogP contribution >= 0.6 is 11.8 Å². The highest BCUT2D eigenvalue weighted by atomic mass is 32.2. The van der Waals surface area contributed by atoms with Crippen LogP contribution < -0.4 is 10.0 Å². The number of amides is 1. The predicted octanol–water partition coefficient (Wildman–Crippen LogP) is 4.40. The van der Waals surface area contributed by atoms with E-state index in [9.17, 15) is 13.2 Å². The summed E-state index contributed by atoms with van der Waals surface area (Å²) in [7, 11) is -3.65. The average molecular weight is 442 g/mol. The summed E-state index contributed by atoms with van der Waals surface area (Å²) in [6, 6.07) is 15.6. The van der Waals surface area contributed by atoms with Crippen molar-refractivity contribution in [2.24, 2.45) is 0 Å². The van der Waals surface area contributed by atoms with Crippen molar-refractivity contribution >= 4 is 33.4 Å². The van der Waals surface area contributed by atoms with Crippen molar-refractivity contribution in [3.05, 3.63) is 77.5 Å². The summed E-state index contributed by atoms with van der Waals surface area (Å²) in [5.41, 5.74) is 2.97. The second-order valence-electron chi connectivity index (χ2n) is 6.72. The Labute approximate surface area is 181 Å². The largest absolute Gasteiger partial charge is 0.352 e. The Bertz CT molecular complexity index is 1140. The van der Waals surface area contributed by atoms with Crippen LogP contribution in [-0.2, 0) is 10.0 Å². The first-order valence-electron chi connectivity index (χ1n) is 9.41. The topological polar surface area (TPSA) is 88.2 Å². The molecule has 0 unspecified atom stereocenters. The number of aromatic nitrogens is 1. The van der Waals surface area contributed by atoms with Crippen LogP contribution in [0, 0.1) is 13.8 Å². The molecule has 0 bridgehead atoms. The third kappa shape index (κ3) is 5.40. The second kappa shape index (κ2) is 9.32. The van der Waals surface area contributed by atoms with Gasteiger partial charge in [-0.15, -0.1) is 0 Å². The quantitative estimate of drug-likeness (QED) is 0.567. The first-order valence-corrected chi connectivity index (χ1v) is 11.7. The van der Waals surface area contributed by atoms with E-state index in [0.717, 1.165) is 21.0 Å². The molecule has 30 heavy (non-hydrogen) atoms. The van der Waals surface area contributed by atoms with Crippen LogP contribution in [0.5, 0.6) is 0 Å². The molecule has 3 rings (SSSR count). The lowest BCUT2D eigenvalue weighted by molar-refractivity contribution is 0.0955. The van der Waals surface area contributed by atoms with E-state index in [0.29, 0.717) is 17.8 Å². The van der Waals surface area contributed by atoms with Gasteiger partial charge in [-0.2, -0.15) is 0 Å². The van der Waals surface area contributed by atoms with Gasteiger partial charge >= 0.3 is 0 Å². The highest BCUT2D eigenvalue weighted by Gasteiger charge is 2.15. The summed E-state index contributed by atoms with van der Waals surface area (Å²) in [5, 5.41) is 3.47. The molecule has 156 valence electrons. The molecule has 0 spiro atoms. The molecule has 6 nitrogen and oxygen atoms in total. The maximum atomic E-state index is 12.6. The van der Waals surface area contributed by atoms with Crippen LogP contribution in [0.4, 0.5) is 5.69 Å². The van der Waals surface area contributed by atoms with E-state index < -0.39 is 10.0 Å². The molecule has 2 N–H and O–H groups in total. The monoisotopic (exact) mass is 441 g/mol. The standard InChI is InChI=1S/C22H23N3O3S2/c1-4-23-22(26)17-6-12-21(24-14-17)29-19-9-7-18(8-10-19)25-30(27,28)20-11-5-15(2)16(3)13-20/h5-14,25H,4H2,1-3H3,(H,23,26). The lowest BCUT2D eigenvalue weighted by Crippen LogP contribution is -2.22. The van der Waals surface area contributed by atoms with Gasteiger partial charge in [-0.1, -0.05) is 17.8 Å². The summed E-state index contributed by atoms with van der Waals surface area (Å²) in [5.74, 6) is -0.151. The van der Waals surface area contributed by atoms with Gasteiger partial charge in [0.05, 0.1) is 10.5 Å². The number of hydrogen-bond donors (Lipinski definition) is 2. The maximum absolute atomic E-state index is 12.6. The van der Waals surface area contributed by atoms with Gasteiger partial charge in [0.15, 0.2) is 0 Å². The maximum Gasteiger partial charge on any atom is 0.261 e. The van der Waals surface area contributed by atoms with E-state index >= 15 is 0 Å². The van der Waals surface area contributed by atoms with Crippen molar-refractivity contribution in [1.82, 2.24) is 10.3 Å². The third-order valence-corrected chi connectivity index (χ3v) is 6.79. The Balaban J connectivity index is 1.67. The van der Waals surface area contributed by atoms with Gasteiger partial charge in [0.1, 0.15) is 5.03 Å². The van der Waals surface area contributed by atoms with Crippen LogP contribution in [0.25, 0.3) is 0 Å². The van der Waals surface area contributed by atoms with Crippen LogP contribution in [-0.4, -0.2) is 25.9 Å². The normalized spacial score (nSPS) is 11.2. The van der Waals surface area contributed by atoms with Crippen molar-refractivity contribution in [3.63, 3.8) is 0 Å². The van der Waals surface area contributed by atoms with Gasteiger partial charge in [-0.25, -0.2) is 13.4 Å². The summed E-state index contributed by atoms with van der Waals surface area (Å²) in [6.45, 7) is 6.26. The van der Waals surface area contributed by atoms with Crippen molar-refractivity contribution < 1.29 is 13.2 Å². The Morgan fingerprint density at radius 1 is 1.00 bits per heavy atom. The number of pyridine rings is 1. The molecule has 1 aromatic heterocycles. The molecule has 0 saturated carbocycles. The Morgan fingerprint density at radius 2 is 1.73 bits per heavy atom. The molecule has 8 heteroatoms. The molecule has 2 aromatic carbocycles. The Hall–Kier alpha value is -2.84. The highest BCUT2D eigenvalue weighted by Crippen LogP contribution is 2.28. The minimum Gasteiger partial charge on any atom is -0.352 e. The minimum absolute atomic E-state index is 0.151. The fourth-order valence-corrected chi connectivity index (χ4v) is 4.54. The third-order valence-electron chi connectivity index (χ3n) is 4.45. The molecule has 0 aliphatic heterocycles. The van der Waals surface area contributed by atoms with Crippen LogP contribution in [0.15, 0.2) is 75.6 Å². The van der Waals surface area contributed by atoms with Gasteiger partial charge in [0.2, 0.25) is 0 Å². The van der Waals surface area contributed by atoms with E-state index in [-0.39, 0.29) is 10.8 Å². The number of carbonyl (C=O) groups excluding carboxylic acids is 1. The number of nitrogens with one attached hydrogen (secondary N) is 2. The molecule has 0 saturated heterocycles. The number of anilines is 1. The summed E-state index contributed by atoms with van der Waals surface area (Å²) in [4.78, 5) is 17.2. The molecule has 3 aromatic rings. The number of nitrogens with zero attached hydrogens (tertiary/aromatic N) is 1. The molecule has 1 heterocycles. The molecule has 0 aliphatic rings. The zero-order chi connectivity index (χ0) is 21.7. The first-order chi connectivity index (χ1) is 14.3. The smallest absolute Gasteiger partial charge is 0.261 e. The van der Waals surface area contributed by atoms with Crippen molar-refractivity contribution in [3.8, 4) is 0 Å². The number of benzene rings is 2. The molecule has 0 aliphatic carbocycles. The van der Waals surface area contributed by atoms with Crippen LogP contribution in [0.2, 0.25) is 0 Å². The van der Waals surface area contributed by atoms with Crippen molar-refractivity contribution in [2.75, 3.05) is 11.3 Å². The fraction of sp³-hybridized carbons (Fsp3) is 0.182. The van der Waals surface area contributed by atoms with Gasteiger partial charge < -0.3 is 5.32 Å². The van der Waals surface area contributed by atoms with E-state index in [1.807, 2.05) is 32.9 Å². The highest BCUT2D eigenvalue weighted by molar-refractivity contribution is 7.99. The van der Waals surface area contributed by atoms with Gasteiger partial charge in [-0.05, 0) is 80.4 Å².